The zero-order valence-electron chi connectivity index (χ0n) is 16.8. The Labute approximate surface area is 182 Å². The summed E-state index contributed by atoms with van der Waals surface area (Å²) in [5.74, 6) is -0.185. The molecule has 1 amide bonds. The molecule has 160 valence electrons. The van der Waals surface area contributed by atoms with Crippen LogP contribution in [0.3, 0.4) is 0 Å². The highest BCUT2D eigenvalue weighted by molar-refractivity contribution is 7.89. The number of carbonyl (C=O) groups is 1. The van der Waals surface area contributed by atoms with Gasteiger partial charge in [-0.25, -0.2) is 8.42 Å². The van der Waals surface area contributed by atoms with Crippen molar-refractivity contribution in [2.75, 3.05) is 36.4 Å². The minimum atomic E-state index is -3.56. The first-order chi connectivity index (χ1) is 14.4. The second-order valence-corrected chi connectivity index (χ2v) is 10.1. The van der Waals surface area contributed by atoms with Crippen LogP contribution >= 0.6 is 11.6 Å². The summed E-state index contributed by atoms with van der Waals surface area (Å²) in [5.41, 5.74) is 2.83. The van der Waals surface area contributed by atoms with Crippen LogP contribution in [0.15, 0.2) is 47.4 Å². The maximum absolute atomic E-state index is 12.8. The molecule has 0 aliphatic carbocycles. The number of carbonyl (C=O) groups excluding carboxylic acids is 1. The second-order valence-electron chi connectivity index (χ2n) is 7.77. The Morgan fingerprint density at radius 3 is 2.60 bits per heavy atom. The van der Waals surface area contributed by atoms with Gasteiger partial charge in [-0.15, -0.1) is 0 Å². The van der Waals surface area contributed by atoms with E-state index in [2.05, 4.69) is 22.3 Å². The molecule has 1 fully saturated rings. The van der Waals surface area contributed by atoms with E-state index in [4.69, 9.17) is 11.6 Å². The van der Waals surface area contributed by atoms with Crippen LogP contribution in [0, 0.1) is 0 Å². The Morgan fingerprint density at radius 2 is 1.80 bits per heavy atom. The number of amides is 1. The summed E-state index contributed by atoms with van der Waals surface area (Å²) < 4.78 is 27.1. The number of anilines is 2. The van der Waals surface area contributed by atoms with Gasteiger partial charge < -0.3 is 10.2 Å². The van der Waals surface area contributed by atoms with Crippen LogP contribution in [0.25, 0.3) is 0 Å². The van der Waals surface area contributed by atoms with E-state index < -0.39 is 10.0 Å². The van der Waals surface area contributed by atoms with Gasteiger partial charge in [0.2, 0.25) is 15.9 Å². The van der Waals surface area contributed by atoms with Crippen molar-refractivity contribution in [3.05, 3.63) is 53.1 Å². The van der Waals surface area contributed by atoms with Gasteiger partial charge in [0.1, 0.15) is 0 Å². The number of sulfonamides is 1. The van der Waals surface area contributed by atoms with Gasteiger partial charge in [-0.3, -0.25) is 4.79 Å². The van der Waals surface area contributed by atoms with E-state index in [0.717, 1.165) is 32.2 Å². The number of halogens is 1. The highest BCUT2D eigenvalue weighted by atomic mass is 35.5. The molecule has 0 bridgehead atoms. The van der Waals surface area contributed by atoms with Gasteiger partial charge in [0.05, 0.1) is 15.6 Å². The van der Waals surface area contributed by atoms with Crippen LogP contribution in [0.2, 0.25) is 5.02 Å². The highest BCUT2D eigenvalue weighted by Gasteiger charge is 2.28. The molecule has 0 aromatic heterocycles. The van der Waals surface area contributed by atoms with Crippen LogP contribution in [0.5, 0.6) is 0 Å². The van der Waals surface area contributed by atoms with Gasteiger partial charge in [0.25, 0.3) is 0 Å². The van der Waals surface area contributed by atoms with E-state index >= 15 is 0 Å². The third kappa shape index (κ3) is 4.48. The van der Waals surface area contributed by atoms with Crippen LogP contribution in [-0.2, 0) is 21.2 Å². The lowest BCUT2D eigenvalue weighted by molar-refractivity contribution is -0.116. The van der Waals surface area contributed by atoms with Crippen LogP contribution in [0.1, 0.15) is 31.2 Å². The van der Waals surface area contributed by atoms with Gasteiger partial charge in [-0.2, -0.15) is 4.31 Å². The van der Waals surface area contributed by atoms with Crippen LogP contribution < -0.4 is 10.2 Å². The molecule has 0 atom stereocenters. The number of nitrogens with one attached hydrogen (secondary N) is 1. The number of para-hydroxylation sites is 1. The number of aryl methyl sites for hydroxylation is 1. The molecule has 0 saturated carbocycles. The third-order valence-corrected chi connectivity index (χ3v) is 7.95. The molecule has 2 aromatic carbocycles. The van der Waals surface area contributed by atoms with Crippen molar-refractivity contribution in [2.45, 2.75) is 37.0 Å². The Balaban J connectivity index is 1.42. The maximum atomic E-state index is 12.8. The monoisotopic (exact) mass is 447 g/mol. The first-order valence-corrected chi connectivity index (χ1v) is 12.2. The highest BCUT2D eigenvalue weighted by Crippen LogP contribution is 2.29. The van der Waals surface area contributed by atoms with Crippen molar-refractivity contribution < 1.29 is 13.2 Å². The summed E-state index contributed by atoms with van der Waals surface area (Å²) in [5, 5.41) is 3.12. The molecular formula is C22H26ClN3O3S. The summed E-state index contributed by atoms with van der Waals surface area (Å²) >= 11 is 6.23. The Morgan fingerprint density at radius 1 is 1.03 bits per heavy atom. The van der Waals surface area contributed by atoms with Crippen LogP contribution in [-0.4, -0.2) is 44.8 Å². The zero-order chi connectivity index (χ0) is 21.1. The first kappa shape index (κ1) is 21.2. The fraction of sp³-hybridized carbons (Fsp3) is 0.409. The van der Waals surface area contributed by atoms with E-state index in [1.165, 1.54) is 33.8 Å². The zero-order valence-corrected chi connectivity index (χ0v) is 18.4. The molecule has 4 rings (SSSR count). The summed E-state index contributed by atoms with van der Waals surface area (Å²) in [7, 11) is -3.56. The molecule has 2 heterocycles. The van der Waals surface area contributed by atoms with Crippen molar-refractivity contribution in [2.24, 2.45) is 0 Å². The normalized spacial score (nSPS) is 17.0. The van der Waals surface area contributed by atoms with Crippen molar-refractivity contribution >= 4 is 38.9 Å². The lowest BCUT2D eigenvalue weighted by Crippen LogP contribution is -2.32. The summed E-state index contributed by atoms with van der Waals surface area (Å²) in [6.07, 6.45) is 4.17. The summed E-state index contributed by atoms with van der Waals surface area (Å²) in [6, 6.07) is 12.8. The van der Waals surface area contributed by atoms with E-state index in [1.54, 1.807) is 0 Å². The van der Waals surface area contributed by atoms with Gasteiger partial charge in [0, 0.05) is 38.3 Å². The molecular weight excluding hydrogens is 422 g/mol. The molecule has 2 aliphatic rings. The van der Waals surface area contributed by atoms with Gasteiger partial charge in [-0.1, -0.05) is 29.8 Å². The Bertz CT molecular complexity index is 1040. The third-order valence-electron chi connectivity index (χ3n) is 5.73. The molecule has 0 unspecified atom stereocenters. The largest absolute Gasteiger partial charge is 0.371 e. The molecule has 6 nitrogen and oxygen atoms in total. The van der Waals surface area contributed by atoms with E-state index in [1.807, 2.05) is 12.1 Å². The molecule has 0 radical (unpaired) electrons. The fourth-order valence-corrected chi connectivity index (χ4v) is 5.84. The standard InChI is InChI=1S/C22H26ClN3O3S/c23-19-10-9-18(30(28,29)26-13-3-4-14-26)16-20(19)24-22(27)11-15-25-12-5-7-17-6-1-2-8-21(17)25/h1-2,6,8-10,16H,3-5,7,11-15H2,(H,24,27). The van der Waals surface area contributed by atoms with Crippen LogP contribution in [0.4, 0.5) is 11.4 Å². The van der Waals surface area contributed by atoms with Crippen molar-refractivity contribution in [1.82, 2.24) is 4.31 Å². The number of nitrogens with zero attached hydrogens (tertiary/aromatic N) is 2. The molecule has 2 aromatic rings. The minimum absolute atomic E-state index is 0.161. The lowest BCUT2D eigenvalue weighted by Gasteiger charge is -2.31. The average molecular weight is 448 g/mol. The fourth-order valence-electron chi connectivity index (χ4n) is 4.13. The summed E-state index contributed by atoms with van der Waals surface area (Å²) in [6.45, 7) is 2.59. The molecule has 1 saturated heterocycles. The van der Waals surface area contributed by atoms with Gasteiger partial charge in [-0.05, 0) is 55.5 Å². The van der Waals surface area contributed by atoms with E-state index in [9.17, 15) is 13.2 Å². The van der Waals surface area contributed by atoms with E-state index in [-0.39, 0.29) is 10.8 Å². The SMILES string of the molecule is O=C(CCN1CCCc2ccccc21)Nc1cc(S(=O)(=O)N2CCCC2)ccc1Cl. The van der Waals surface area contributed by atoms with Crippen molar-refractivity contribution in [3.8, 4) is 0 Å². The molecule has 30 heavy (non-hydrogen) atoms. The predicted molar refractivity (Wildman–Crippen MR) is 120 cm³/mol. The van der Waals surface area contributed by atoms with Gasteiger partial charge >= 0.3 is 0 Å². The average Bonchev–Trinajstić information content (AvgIpc) is 3.29. The minimum Gasteiger partial charge on any atom is -0.371 e. The second kappa shape index (κ2) is 8.96. The number of fused-ring (bicyclic) bond motifs is 1. The molecule has 2 aliphatic heterocycles. The quantitative estimate of drug-likeness (QED) is 0.728. The molecule has 1 N–H and O–H groups in total. The van der Waals surface area contributed by atoms with Crippen molar-refractivity contribution in [3.63, 3.8) is 0 Å². The van der Waals surface area contributed by atoms with E-state index in [0.29, 0.717) is 36.8 Å². The predicted octanol–water partition coefficient (Wildman–Crippen LogP) is 3.91. The smallest absolute Gasteiger partial charge is 0.243 e. The number of benzene rings is 2. The first-order valence-electron chi connectivity index (χ1n) is 10.4. The lowest BCUT2D eigenvalue weighted by atomic mass is 10.0. The Hall–Kier alpha value is -2.09. The number of rotatable bonds is 6. The number of hydrogen-bond acceptors (Lipinski definition) is 4. The number of hydrogen-bond donors (Lipinski definition) is 1. The maximum Gasteiger partial charge on any atom is 0.243 e. The van der Waals surface area contributed by atoms with Crippen molar-refractivity contribution in [1.29, 1.82) is 0 Å². The summed E-state index contributed by atoms with van der Waals surface area (Å²) in [4.78, 5) is 15.0. The molecule has 8 heteroatoms. The van der Waals surface area contributed by atoms with Gasteiger partial charge in [0.15, 0.2) is 0 Å². The topological polar surface area (TPSA) is 69.7 Å². The molecule has 0 spiro atoms. The Kier molecular flexibility index (Phi) is 6.32.